The second-order valence-corrected chi connectivity index (χ2v) is 8.88. The first-order chi connectivity index (χ1) is 7.13. The van der Waals surface area contributed by atoms with Crippen LogP contribution in [0.3, 0.4) is 0 Å². The molecular weight excluding hydrogens is 199 g/mol. The van der Waals surface area contributed by atoms with E-state index in [2.05, 4.69) is 44.7 Å². The number of nitrogens with zero attached hydrogens (tertiary/aromatic N) is 2. The summed E-state index contributed by atoms with van der Waals surface area (Å²) in [6.07, 6.45) is 0. The van der Waals surface area contributed by atoms with Crippen LogP contribution in [0.15, 0.2) is 0 Å². The van der Waals surface area contributed by atoms with Gasteiger partial charge in [-0.15, -0.1) is 0 Å². The molecule has 0 N–H and O–H groups in total. The van der Waals surface area contributed by atoms with Crippen LogP contribution >= 0.6 is 0 Å². The lowest BCUT2D eigenvalue weighted by Gasteiger charge is -2.28. The predicted molar refractivity (Wildman–Crippen MR) is 72.2 cm³/mol. The molecule has 0 aliphatic carbocycles. The first-order valence-electron chi connectivity index (χ1n) is 6.51. The van der Waals surface area contributed by atoms with E-state index in [1.165, 1.54) is 42.0 Å². The molecule has 0 unspecified atom stereocenters. The lowest BCUT2D eigenvalue weighted by Crippen LogP contribution is -2.42. The number of hydrogen-bond donors (Lipinski definition) is 0. The molecular formula is C12H29AlN2. The van der Waals surface area contributed by atoms with Gasteiger partial charge in [-0.05, 0) is 14.1 Å². The van der Waals surface area contributed by atoms with E-state index >= 15 is 0 Å². The Balaban J connectivity index is 0.000000265. The summed E-state index contributed by atoms with van der Waals surface area (Å²) < 4.78 is 0. The van der Waals surface area contributed by atoms with Crippen molar-refractivity contribution in [2.45, 2.75) is 36.6 Å². The van der Waals surface area contributed by atoms with Crippen molar-refractivity contribution >= 4 is 14.1 Å². The molecule has 1 heterocycles. The van der Waals surface area contributed by atoms with Gasteiger partial charge in [-0.3, -0.25) is 0 Å². The Kier molecular flexibility index (Phi) is 9.95. The third-order valence-electron chi connectivity index (χ3n) is 3.46. The molecule has 0 aromatic rings. The largest absolute Gasteiger partial charge is 0.304 e. The molecule has 1 fully saturated rings. The zero-order chi connectivity index (χ0) is 11.7. The lowest BCUT2D eigenvalue weighted by atomic mass is 10.4. The Morgan fingerprint density at radius 3 is 1.13 bits per heavy atom. The molecule has 3 heteroatoms. The van der Waals surface area contributed by atoms with Crippen molar-refractivity contribution in [3.63, 3.8) is 0 Å². The average Bonchev–Trinajstić information content (AvgIpc) is 2.26. The van der Waals surface area contributed by atoms with E-state index in [9.17, 15) is 0 Å². The van der Waals surface area contributed by atoms with Crippen molar-refractivity contribution in [3.8, 4) is 0 Å². The van der Waals surface area contributed by atoms with Gasteiger partial charge in [0.05, 0.1) is 0 Å². The van der Waals surface area contributed by atoms with E-state index in [-0.39, 0.29) is 14.1 Å². The van der Waals surface area contributed by atoms with Crippen LogP contribution in [0.5, 0.6) is 0 Å². The average molecular weight is 228 g/mol. The van der Waals surface area contributed by atoms with Crippen molar-refractivity contribution < 1.29 is 0 Å². The molecule has 1 saturated heterocycles. The highest BCUT2D eigenvalue weighted by molar-refractivity contribution is 6.58. The molecule has 0 amide bonds. The van der Waals surface area contributed by atoms with Crippen LogP contribution in [0.1, 0.15) is 20.8 Å². The van der Waals surface area contributed by atoms with Crippen LogP contribution in [-0.4, -0.2) is 64.2 Å². The second kappa shape index (κ2) is 9.66. The van der Waals surface area contributed by atoms with E-state index in [1.807, 2.05) is 0 Å². The molecule has 0 saturated carbocycles. The molecule has 90 valence electrons. The van der Waals surface area contributed by atoms with E-state index in [4.69, 9.17) is 0 Å². The van der Waals surface area contributed by atoms with Crippen LogP contribution in [-0.2, 0) is 0 Å². The summed E-state index contributed by atoms with van der Waals surface area (Å²) in [6.45, 7) is 11.9. The molecule has 0 spiro atoms. The monoisotopic (exact) mass is 228 g/mol. The summed E-state index contributed by atoms with van der Waals surface area (Å²) in [4.78, 5) is 4.72. The van der Waals surface area contributed by atoms with Gasteiger partial charge < -0.3 is 9.80 Å². The summed E-state index contributed by atoms with van der Waals surface area (Å²) in [5, 5.41) is 4.48. The van der Waals surface area contributed by atoms with Gasteiger partial charge in [0.25, 0.3) is 14.1 Å². The SMILES string of the molecule is CN1CCN(C)CC1.C[CH2][Al]([CH2]C)[CH2]C. The van der Waals surface area contributed by atoms with Gasteiger partial charge in [-0.1, -0.05) is 36.6 Å². The molecule has 2 nitrogen and oxygen atoms in total. The van der Waals surface area contributed by atoms with Gasteiger partial charge >= 0.3 is 0 Å². The summed E-state index contributed by atoms with van der Waals surface area (Å²) in [5.41, 5.74) is 0. The third-order valence-corrected chi connectivity index (χ3v) is 6.92. The molecule has 0 radical (unpaired) electrons. The highest BCUT2D eigenvalue weighted by Gasteiger charge is 2.07. The Labute approximate surface area is 101 Å². The van der Waals surface area contributed by atoms with E-state index in [0.717, 1.165) is 0 Å². The Bertz CT molecular complexity index is 114. The standard InChI is InChI=1S/C6H14N2.3C2H5.Al/c1-7-3-5-8(2)6-4-7;3*1-2;/h3-6H2,1-2H3;3*1H2,2H3;. The molecule has 1 rings (SSSR count). The van der Waals surface area contributed by atoms with Gasteiger partial charge in [-0.25, -0.2) is 0 Å². The lowest BCUT2D eigenvalue weighted by molar-refractivity contribution is 0.181. The van der Waals surface area contributed by atoms with Crippen molar-refractivity contribution in [2.75, 3.05) is 40.3 Å². The predicted octanol–water partition coefficient (Wildman–Crippen LogP) is 2.40. The number of piperazine rings is 1. The Morgan fingerprint density at radius 1 is 0.733 bits per heavy atom. The minimum absolute atomic E-state index is 0.171. The zero-order valence-electron chi connectivity index (χ0n) is 11.4. The van der Waals surface area contributed by atoms with Gasteiger partial charge in [0, 0.05) is 26.2 Å². The maximum atomic E-state index is 2.36. The first kappa shape index (κ1) is 15.5. The Hall–Kier alpha value is 0.452. The molecule has 0 aromatic carbocycles. The zero-order valence-corrected chi connectivity index (χ0v) is 12.6. The second-order valence-electron chi connectivity index (χ2n) is 4.70. The summed E-state index contributed by atoms with van der Waals surface area (Å²) in [6, 6.07) is 0. The van der Waals surface area contributed by atoms with Crippen molar-refractivity contribution in [2.24, 2.45) is 0 Å². The van der Waals surface area contributed by atoms with Crippen molar-refractivity contribution in [1.29, 1.82) is 0 Å². The van der Waals surface area contributed by atoms with Crippen LogP contribution in [0.4, 0.5) is 0 Å². The topological polar surface area (TPSA) is 6.48 Å². The normalized spacial score (nSPS) is 18.2. The van der Waals surface area contributed by atoms with Gasteiger partial charge in [0.15, 0.2) is 0 Å². The molecule has 0 aromatic heterocycles. The minimum Gasteiger partial charge on any atom is -0.304 e. The van der Waals surface area contributed by atoms with Gasteiger partial charge in [0.2, 0.25) is 0 Å². The van der Waals surface area contributed by atoms with Crippen LogP contribution in [0.2, 0.25) is 15.8 Å². The summed E-state index contributed by atoms with van der Waals surface area (Å²) in [7, 11) is 4.35. The molecule has 0 atom stereocenters. The molecule has 0 bridgehead atoms. The van der Waals surface area contributed by atoms with Crippen molar-refractivity contribution in [1.82, 2.24) is 9.80 Å². The number of rotatable bonds is 3. The molecule has 15 heavy (non-hydrogen) atoms. The number of hydrogen-bond acceptors (Lipinski definition) is 2. The third kappa shape index (κ3) is 8.28. The smallest absolute Gasteiger partial charge is 0.261 e. The fraction of sp³-hybridized carbons (Fsp3) is 1.00. The van der Waals surface area contributed by atoms with Gasteiger partial charge in [0.1, 0.15) is 0 Å². The maximum absolute atomic E-state index is 2.36. The minimum atomic E-state index is -0.171. The van der Waals surface area contributed by atoms with Crippen LogP contribution in [0, 0.1) is 0 Å². The van der Waals surface area contributed by atoms with Crippen LogP contribution < -0.4 is 0 Å². The van der Waals surface area contributed by atoms with Gasteiger partial charge in [-0.2, -0.15) is 0 Å². The Morgan fingerprint density at radius 2 is 1.00 bits per heavy atom. The fourth-order valence-electron chi connectivity index (χ4n) is 1.77. The fourth-order valence-corrected chi connectivity index (χ4v) is 3.50. The van der Waals surface area contributed by atoms with E-state index in [1.54, 1.807) is 0 Å². The molecule has 1 aliphatic rings. The van der Waals surface area contributed by atoms with Crippen molar-refractivity contribution in [3.05, 3.63) is 0 Å². The van der Waals surface area contributed by atoms with E-state index in [0.29, 0.717) is 0 Å². The van der Waals surface area contributed by atoms with Crippen LogP contribution in [0.25, 0.3) is 0 Å². The quantitative estimate of drug-likeness (QED) is 0.684. The highest BCUT2D eigenvalue weighted by atomic mass is 27.2. The maximum Gasteiger partial charge on any atom is 0.261 e. The molecule has 1 aliphatic heterocycles. The highest BCUT2D eigenvalue weighted by Crippen LogP contribution is 2.01. The summed E-state index contributed by atoms with van der Waals surface area (Å²) >= 11 is -0.171. The number of likely N-dealkylation sites (N-methyl/N-ethyl adjacent to an activating group) is 2. The first-order valence-corrected chi connectivity index (χ1v) is 8.95. The van der Waals surface area contributed by atoms with E-state index < -0.39 is 0 Å². The summed E-state index contributed by atoms with van der Waals surface area (Å²) in [5.74, 6) is 0.